The molecule has 0 radical (unpaired) electrons. The van der Waals surface area contributed by atoms with E-state index in [2.05, 4.69) is 5.32 Å². The van der Waals surface area contributed by atoms with E-state index in [1.54, 1.807) is 19.9 Å². The molecule has 1 aromatic rings. The molecule has 0 fully saturated rings. The molecule has 2 atom stereocenters. The molecule has 0 spiro atoms. The summed E-state index contributed by atoms with van der Waals surface area (Å²) in [7, 11) is 0. The van der Waals surface area contributed by atoms with Gasteiger partial charge in [0.25, 0.3) is 5.72 Å². The fraction of sp³-hybridized carbons (Fsp3) is 0.500. The molecule has 0 heterocycles. The third-order valence-corrected chi connectivity index (χ3v) is 4.03. The number of amides is 1. The standard InChI is InChI=1S/C16H23ClN2O4/c1-10(2)14(18)16(23,15(21)22)19-13(20)9-5-7-11-6-3-4-8-12(11)17/h3-4,6,8,10,14,23H,5,7,9,18H2,1-2H3,(H,19,20)(H,21,22)/t14?,16-/m0/s1. The van der Waals surface area contributed by atoms with E-state index >= 15 is 0 Å². The third kappa shape index (κ3) is 5.20. The number of hydrogen-bond donors (Lipinski definition) is 4. The number of aryl methyl sites for hydroxylation is 1. The molecule has 0 aliphatic carbocycles. The molecular weight excluding hydrogens is 320 g/mol. The van der Waals surface area contributed by atoms with Crippen LogP contribution in [-0.4, -0.2) is 33.9 Å². The molecule has 1 rings (SSSR count). The van der Waals surface area contributed by atoms with Gasteiger partial charge in [0.05, 0.1) is 6.04 Å². The average molecular weight is 343 g/mol. The molecular formula is C16H23ClN2O4. The molecule has 0 saturated heterocycles. The highest BCUT2D eigenvalue weighted by molar-refractivity contribution is 6.31. The minimum Gasteiger partial charge on any atom is -0.478 e. The van der Waals surface area contributed by atoms with E-state index in [0.717, 1.165) is 5.56 Å². The second kappa shape index (κ2) is 8.29. The average Bonchev–Trinajstić information content (AvgIpc) is 2.47. The number of rotatable bonds is 8. The Kier molecular flexibility index (Phi) is 7.00. The molecule has 7 heteroatoms. The van der Waals surface area contributed by atoms with Crippen LogP contribution in [0.5, 0.6) is 0 Å². The van der Waals surface area contributed by atoms with Crippen LogP contribution < -0.4 is 11.1 Å². The first-order valence-corrected chi connectivity index (χ1v) is 7.82. The summed E-state index contributed by atoms with van der Waals surface area (Å²) in [6, 6.07) is 6.18. The molecule has 0 saturated carbocycles. The quantitative estimate of drug-likeness (QED) is 0.535. The van der Waals surface area contributed by atoms with Crippen molar-refractivity contribution in [2.45, 2.75) is 44.9 Å². The lowest BCUT2D eigenvalue weighted by Crippen LogP contribution is -2.66. The first-order valence-electron chi connectivity index (χ1n) is 7.44. The molecule has 23 heavy (non-hydrogen) atoms. The van der Waals surface area contributed by atoms with E-state index in [9.17, 15) is 19.8 Å². The normalized spacial score (nSPS) is 15.0. The van der Waals surface area contributed by atoms with Crippen molar-refractivity contribution in [3.8, 4) is 0 Å². The zero-order valence-corrected chi connectivity index (χ0v) is 14.0. The van der Waals surface area contributed by atoms with E-state index in [1.165, 1.54) is 0 Å². The summed E-state index contributed by atoms with van der Waals surface area (Å²) in [6.07, 6.45) is 1.11. The fourth-order valence-electron chi connectivity index (χ4n) is 2.18. The van der Waals surface area contributed by atoms with Gasteiger partial charge in [0.15, 0.2) is 0 Å². The lowest BCUT2D eigenvalue weighted by molar-refractivity contribution is -0.170. The molecule has 0 bridgehead atoms. The molecule has 5 N–H and O–H groups in total. The molecule has 0 aromatic heterocycles. The number of carbonyl (C=O) groups is 2. The van der Waals surface area contributed by atoms with E-state index < -0.39 is 23.6 Å². The fourth-order valence-corrected chi connectivity index (χ4v) is 2.41. The van der Waals surface area contributed by atoms with Gasteiger partial charge in [0.2, 0.25) is 5.91 Å². The predicted octanol–water partition coefficient (Wildman–Crippen LogP) is 1.54. The smallest absolute Gasteiger partial charge is 0.358 e. The SMILES string of the molecule is CC(C)C(N)[C@@](O)(NC(=O)CCCc1ccccc1Cl)C(=O)O. The van der Waals surface area contributed by atoms with Crippen molar-refractivity contribution in [2.75, 3.05) is 0 Å². The minimum atomic E-state index is -2.48. The highest BCUT2D eigenvalue weighted by Crippen LogP contribution is 2.18. The lowest BCUT2D eigenvalue weighted by atomic mass is 9.93. The zero-order valence-electron chi connectivity index (χ0n) is 13.3. The van der Waals surface area contributed by atoms with Crippen molar-refractivity contribution in [1.29, 1.82) is 0 Å². The second-order valence-electron chi connectivity index (χ2n) is 5.83. The maximum Gasteiger partial charge on any atom is 0.358 e. The van der Waals surface area contributed by atoms with Crippen LogP contribution in [0.2, 0.25) is 5.02 Å². The monoisotopic (exact) mass is 342 g/mol. The number of hydrogen-bond acceptors (Lipinski definition) is 4. The van der Waals surface area contributed by atoms with E-state index in [0.29, 0.717) is 17.9 Å². The molecule has 1 aromatic carbocycles. The molecule has 6 nitrogen and oxygen atoms in total. The molecule has 1 unspecified atom stereocenters. The highest BCUT2D eigenvalue weighted by atomic mass is 35.5. The van der Waals surface area contributed by atoms with Crippen molar-refractivity contribution in [3.05, 3.63) is 34.9 Å². The predicted molar refractivity (Wildman–Crippen MR) is 87.9 cm³/mol. The van der Waals surface area contributed by atoms with Gasteiger partial charge in [0.1, 0.15) is 0 Å². The minimum absolute atomic E-state index is 0.0611. The van der Waals surface area contributed by atoms with Gasteiger partial charge in [-0.05, 0) is 30.4 Å². The summed E-state index contributed by atoms with van der Waals surface area (Å²) in [5.41, 5.74) is 4.16. The molecule has 128 valence electrons. The molecule has 0 aliphatic heterocycles. The Morgan fingerprint density at radius 1 is 1.35 bits per heavy atom. The van der Waals surface area contributed by atoms with Gasteiger partial charge in [-0.1, -0.05) is 43.6 Å². The maximum absolute atomic E-state index is 11.9. The number of carboxylic acid groups (broad SMARTS) is 1. The number of carbonyl (C=O) groups excluding carboxylic acids is 1. The Balaban J connectivity index is 2.60. The Morgan fingerprint density at radius 3 is 2.48 bits per heavy atom. The second-order valence-corrected chi connectivity index (χ2v) is 6.24. The van der Waals surface area contributed by atoms with Gasteiger partial charge in [-0.3, -0.25) is 4.79 Å². The molecule has 1 amide bonds. The van der Waals surface area contributed by atoms with Crippen molar-refractivity contribution >= 4 is 23.5 Å². The first-order chi connectivity index (χ1) is 10.7. The van der Waals surface area contributed by atoms with Crippen molar-refractivity contribution < 1.29 is 19.8 Å². The zero-order chi connectivity index (χ0) is 17.6. The van der Waals surface area contributed by atoms with Crippen LogP contribution in [0.3, 0.4) is 0 Å². The first kappa shape index (κ1) is 19.4. The van der Waals surface area contributed by atoms with Gasteiger partial charge >= 0.3 is 5.97 Å². The number of nitrogens with one attached hydrogen (secondary N) is 1. The van der Waals surface area contributed by atoms with Crippen LogP contribution in [0.25, 0.3) is 0 Å². The number of halogens is 1. The maximum atomic E-state index is 11.9. The number of carboxylic acids is 1. The third-order valence-electron chi connectivity index (χ3n) is 3.66. The molecule has 0 aliphatic rings. The number of aliphatic carboxylic acids is 1. The largest absolute Gasteiger partial charge is 0.478 e. The van der Waals surface area contributed by atoms with Gasteiger partial charge in [-0.25, -0.2) is 4.79 Å². The lowest BCUT2D eigenvalue weighted by Gasteiger charge is -2.32. The van der Waals surface area contributed by atoms with Crippen LogP contribution in [0.1, 0.15) is 32.3 Å². The summed E-state index contributed by atoms with van der Waals surface area (Å²) in [5.74, 6) is -2.46. The van der Waals surface area contributed by atoms with Crippen LogP contribution in [0, 0.1) is 5.92 Å². The van der Waals surface area contributed by atoms with E-state index in [4.69, 9.17) is 17.3 Å². The van der Waals surface area contributed by atoms with Gasteiger partial charge in [0, 0.05) is 11.4 Å². The van der Waals surface area contributed by atoms with E-state index in [-0.39, 0.29) is 12.3 Å². The van der Waals surface area contributed by atoms with Gasteiger partial charge in [-0.15, -0.1) is 0 Å². The van der Waals surface area contributed by atoms with E-state index in [1.807, 2.05) is 18.2 Å². The van der Waals surface area contributed by atoms with Crippen molar-refractivity contribution in [1.82, 2.24) is 5.32 Å². The van der Waals surface area contributed by atoms with Crippen LogP contribution in [0.4, 0.5) is 0 Å². The highest BCUT2D eigenvalue weighted by Gasteiger charge is 2.45. The Labute approximate surface area is 140 Å². The summed E-state index contributed by atoms with van der Waals surface area (Å²) in [6.45, 7) is 3.34. The number of benzene rings is 1. The number of aliphatic hydroxyl groups is 1. The summed E-state index contributed by atoms with van der Waals surface area (Å²) in [5, 5.41) is 22.1. The van der Waals surface area contributed by atoms with Crippen molar-refractivity contribution in [2.24, 2.45) is 11.7 Å². The summed E-state index contributed by atoms with van der Waals surface area (Å²) >= 11 is 6.03. The van der Waals surface area contributed by atoms with Gasteiger partial charge in [-0.2, -0.15) is 0 Å². The Hall–Kier alpha value is -1.63. The Morgan fingerprint density at radius 2 is 1.96 bits per heavy atom. The van der Waals surface area contributed by atoms with Gasteiger partial charge < -0.3 is 21.3 Å². The van der Waals surface area contributed by atoms with Crippen LogP contribution in [-0.2, 0) is 16.0 Å². The summed E-state index contributed by atoms with van der Waals surface area (Å²) in [4.78, 5) is 23.2. The van der Waals surface area contributed by atoms with Crippen LogP contribution >= 0.6 is 11.6 Å². The van der Waals surface area contributed by atoms with Crippen molar-refractivity contribution in [3.63, 3.8) is 0 Å². The Bertz CT molecular complexity index is 565. The summed E-state index contributed by atoms with van der Waals surface area (Å²) < 4.78 is 0. The topological polar surface area (TPSA) is 113 Å². The number of nitrogens with two attached hydrogens (primary N) is 1. The van der Waals surface area contributed by atoms with Crippen LogP contribution in [0.15, 0.2) is 24.3 Å².